The highest BCUT2D eigenvalue weighted by Gasteiger charge is 2.21. The number of fused-ring (bicyclic) bond motifs is 1. The molecule has 3 aromatic heterocycles. The third-order valence-corrected chi connectivity index (χ3v) is 6.32. The number of rotatable bonds is 6. The van der Waals surface area contributed by atoms with E-state index in [9.17, 15) is 4.79 Å². The average molecular weight is 472 g/mol. The summed E-state index contributed by atoms with van der Waals surface area (Å²) < 4.78 is 12.7. The van der Waals surface area contributed by atoms with E-state index in [1.807, 2.05) is 68.4 Å². The van der Waals surface area contributed by atoms with Gasteiger partial charge in [-0.2, -0.15) is 0 Å². The molecule has 34 heavy (non-hydrogen) atoms. The predicted octanol–water partition coefficient (Wildman–Crippen LogP) is 5.00. The first-order valence-corrected chi connectivity index (χ1v) is 11.5. The largest absolute Gasteiger partial charge is 0.497 e. The molecule has 0 aliphatic heterocycles. The fourth-order valence-corrected chi connectivity index (χ4v) is 4.44. The second-order valence-corrected chi connectivity index (χ2v) is 8.99. The van der Waals surface area contributed by atoms with Crippen molar-refractivity contribution in [3.63, 3.8) is 0 Å². The Hall–Kier alpha value is -3.98. The van der Waals surface area contributed by atoms with Crippen molar-refractivity contribution in [1.29, 1.82) is 0 Å². The van der Waals surface area contributed by atoms with Gasteiger partial charge in [-0.25, -0.2) is 14.5 Å². The number of nitrogens with zero attached hydrogens (tertiary/aromatic N) is 5. The molecule has 0 radical (unpaired) electrons. The smallest absolute Gasteiger partial charge is 0.267 e. The second-order valence-electron chi connectivity index (χ2n) is 7.68. The van der Waals surface area contributed by atoms with Crippen LogP contribution in [0.4, 0.5) is 0 Å². The first kappa shape index (κ1) is 21.8. The van der Waals surface area contributed by atoms with Gasteiger partial charge in [0.25, 0.3) is 5.56 Å². The van der Waals surface area contributed by atoms with Crippen molar-refractivity contribution in [3.05, 3.63) is 88.7 Å². The lowest BCUT2D eigenvalue weighted by atomic mass is 10.2. The number of methoxy groups -OCH3 is 1. The molecule has 0 saturated carbocycles. The Labute approximate surface area is 199 Å². The summed E-state index contributed by atoms with van der Waals surface area (Å²) in [6, 6.07) is 18.4. The highest BCUT2D eigenvalue weighted by Crippen LogP contribution is 2.35. The molecule has 170 valence electrons. The molecule has 1 unspecified atom stereocenters. The van der Waals surface area contributed by atoms with Gasteiger partial charge in [-0.15, -0.1) is 10.2 Å². The Bertz CT molecular complexity index is 1530. The van der Waals surface area contributed by atoms with Crippen LogP contribution in [0.3, 0.4) is 0 Å². The molecular formula is C25H21N5O3S. The van der Waals surface area contributed by atoms with E-state index in [-0.39, 0.29) is 10.8 Å². The van der Waals surface area contributed by atoms with Crippen molar-refractivity contribution in [2.24, 2.45) is 0 Å². The fraction of sp³-hybridized carbons (Fsp3) is 0.160. The summed E-state index contributed by atoms with van der Waals surface area (Å²) in [6.07, 6.45) is 1.68. The number of pyridine rings is 1. The van der Waals surface area contributed by atoms with Crippen molar-refractivity contribution >= 4 is 22.7 Å². The summed E-state index contributed by atoms with van der Waals surface area (Å²) in [7, 11) is 1.62. The third kappa shape index (κ3) is 4.17. The number of benzene rings is 2. The highest BCUT2D eigenvalue weighted by atomic mass is 32.2. The van der Waals surface area contributed by atoms with Crippen molar-refractivity contribution < 1.29 is 9.15 Å². The Morgan fingerprint density at radius 2 is 1.85 bits per heavy atom. The lowest BCUT2D eigenvalue weighted by Crippen LogP contribution is -2.23. The van der Waals surface area contributed by atoms with Crippen LogP contribution in [0.1, 0.15) is 23.6 Å². The molecule has 5 aromatic rings. The van der Waals surface area contributed by atoms with Crippen LogP contribution in [-0.4, -0.2) is 31.8 Å². The average Bonchev–Trinajstić information content (AvgIpc) is 3.35. The zero-order chi connectivity index (χ0) is 23.7. The van der Waals surface area contributed by atoms with E-state index in [2.05, 4.69) is 15.2 Å². The normalized spacial score (nSPS) is 12.1. The zero-order valence-corrected chi connectivity index (χ0v) is 19.6. The van der Waals surface area contributed by atoms with Crippen LogP contribution < -0.4 is 10.3 Å². The molecule has 0 bridgehead atoms. The number of thioether (sulfide) groups is 1. The topological polar surface area (TPSA) is 95.9 Å². The minimum atomic E-state index is -0.261. The first-order chi connectivity index (χ1) is 16.5. The maximum atomic E-state index is 13.4. The van der Waals surface area contributed by atoms with Gasteiger partial charge in [0.2, 0.25) is 11.8 Å². The Kier molecular flexibility index (Phi) is 5.85. The Morgan fingerprint density at radius 3 is 2.62 bits per heavy atom. The standard InChI is InChI=1S/C25H21N5O3S/c1-15-12-13-26-21(14-15)30-24(31)19-6-4-5-7-20(19)27-25(30)34-16(2)22-28-29-23(33-22)17-8-10-18(32-3)11-9-17/h4-14,16H,1-3H3. The van der Waals surface area contributed by atoms with Crippen molar-refractivity contribution in [2.75, 3.05) is 7.11 Å². The summed E-state index contributed by atoms with van der Waals surface area (Å²) in [5.74, 6) is 2.11. The fourth-order valence-electron chi connectivity index (χ4n) is 3.49. The van der Waals surface area contributed by atoms with Crippen LogP contribution in [0.2, 0.25) is 0 Å². The van der Waals surface area contributed by atoms with Gasteiger partial charge in [-0.1, -0.05) is 23.9 Å². The van der Waals surface area contributed by atoms with E-state index in [0.717, 1.165) is 16.9 Å². The van der Waals surface area contributed by atoms with Crippen molar-refractivity contribution in [3.8, 4) is 23.0 Å². The minimum absolute atomic E-state index is 0.178. The van der Waals surface area contributed by atoms with Gasteiger partial charge in [-0.3, -0.25) is 4.79 Å². The van der Waals surface area contributed by atoms with Gasteiger partial charge >= 0.3 is 0 Å². The van der Waals surface area contributed by atoms with Crippen LogP contribution in [-0.2, 0) is 0 Å². The summed E-state index contributed by atoms with van der Waals surface area (Å²) >= 11 is 1.36. The SMILES string of the molecule is COc1ccc(-c2nnc(C(C)Sc3nc4ccccc4c(=O)n3-c3cc(C)ccn3)o2)cc1. The monoisotopic (exact) mass is 471 g/mol. The van der Waals surface area contributed by atoms with Crippen molar-refractivity contribution in [1.82, 2.24) is 24.7 Å². The van der Waals surface area contributed by atoms with Crippen LogP contribution >= 0.6 is 11.8 Å². The van der Waals surface area contributed by atoms with Crippen molar-refractivity contribution in [2.45, 2.75) is 24.3 Å². The highest BCUT2D eigenvalue weighted by molar-refractivity contribution is 7.99. The molecule has 0 saturated heterocycles. The van der Waals surface area contributed by atoms with E-state index in [4.69, 9.17) is 14.1 Å². The minimum Gasteiger partial charge on any atom is -0.497 e. The molecule has 0 aliphatic rings. The van der Waals surface area contributed by atoms with Gasteiger partial charge in [0.15, 0.2) is 5.16 Å². The maximum Gasteiger partial charge on any atom is 0.267 e. The molecule has 5 rings (SSSR count). The summed E-state index contributed by atoms with van der Waals surface area (Å²) in [4.78, 5) is 22.6. The summed E-state index contributed by atoms with van der Waals surface area (Å²) in [5, 5.41) is 9.19. The van der Waals surface area contributed by atoms with Crippen LogP contribution in [0.25, 0.3) is 28.2 Å². The molecule has 0 amide bonds. The zero-order valence-electron chi connectivity index (χ0n) is 18.8. The molecule has 0 aliphatic carbocycles. The lowest BCUT2D eigenvalue weighted by molar-refractivity contribution is 0.415. The van der Waals surface area contributed by atoms with Gasteiger partial charge < -0.3 is 9.15 Å². The summed E-state index contributed by atoms with van der Waals surface area (Å²) in [6.45, 7) is 3.89. The van der Waals surface area contributed by atoms with Crippen LogP contribution in [0.15, 0.2) is 81.2 Å². The molecule has 0 fully saturated rings. The first-order valence-electron chi connectivity index (χ1n) is 10.6. The predicted molar refractivity (Wildman–Crippen MR) is 130 cm³/mol. The number of para-hydroxylation sites is 1. The molecule has 0 spiro atoms. The molecular weight excluding hydrogens is 450 g/mol. The third-order valence-electron chi connectivity index (χ3n) is 5.28. The van der Waals surface area contributed by atoms with E-state index in [1.165, 1.54) is 16.3 Å². The molecule has 8 nitrogen and oxygen atoms in total. The van der Waals surface area contributed by atoms with E-state index in [1.54, 1.807) is 19.4 Å². The van der Waals surface area contributed by atoms with Gasteiger partial charge in [0.05, 0.1) is 23.3 Å². The Balaban J connectivity index is 1.53. The van der Waals surface area contributed by atoms with E-state index in [0.29, 0.717) is 33.7 Å². The molecule has 9 heteroatoms. The van der Waals surface area contributed by atoms with Crippen LogP contribution in [0, 0.1) is 6.92 Å². The number of aromatic nitrogens is 5. The lowest BCUT2D eigenvalue weighted by Gasteiger charge is -2.14. The molecule has 3 heterocycles. The maximum absolute atomic E-state index is 13.4. The number of hydrogen-bond donors (Lipinski definition) is 0. The molecule has 1 atom stereocenters. The Morgan fingerprint density at radius 1 is 1.06 bits per heavy atom. The number of aryl methyl sites for hydroxylation is 1. The number of ether oxygens (including phenoxy) is 1. The summed E-state index contributed by atoms with van der Waals surface area (Å²) in [5.41, 5.74) is 2.23. The molecule has 2 aromatic carbocycles. The van der Waals surface area contributed by atoms with Crippen LogP contribution in [0.5, 0.6) is 5.75 Å². The molecule has 0 N–H and O–H groups in total. The van der Waals surface area contributed by atoms with Gasteiger partial charge in [0, 0.05) is 11.8 Å². The van der Waals surface area contributed by atoms with E-state index < -0.39 is 0 Å². The second kappa shape index (κ2) is 9.11. The van der Waals surface area contributed by atoms with Gasteiger partial charge in [0.1, 0.15) is 11.6 Å². The van der Waals surface area contributed by atoms with Gasteiger partial charge in [-0.05, 0) is 67.9 Å². The quantitative estimate of drug-likeness (QED) is 0.252. The number of hydrogen-bond acceptors (Lipinski definition) is 8. The van der Waals surface area contributed by atoms with E-state index >= 15 is 0 Å².